The number of rotatable bonds is 3. The fraction of sp³-hybridized carbons (Fsp3) is 0.350. The van der Waals surface area contributed by atoms with E-state index in [0.29, 0.717) is 11.8 Å². The van der Waals surface area contributed by atoms with Gasteiger partial charge in [-0.25, -0.2) is 0 Å². The molecule has 1 amide bonds. The molecule has 3 nitrogen and oxygen atoms in total. The molecule has 2 aromatic rings. The van der Waals surface area contributed by atoms with Crippen LogP contribution in [0.2, 0.25) is 5.02 Å². The first kappa shape index (κ1) is 15.5. The fourth-order valence-electron chi connectivity index (χ4n) is 3.61. The second kappa shape index (κ2) is 6.48. The van der Waals surface area contributed by atoms with Crippen LogP contribution in [0.5, 0.6) is 0 Å². The summed E-state index contributed by atoms with van der Waals surface area (Å²) in [6, 6.07) is 18.3. The first-order chi connectivity index (χ1) is 11.7. The van der Waals surface area contributed by atoms with E-state index in [0.717, 1.165) is 37.6 Å². The molecule has 0 N–H and O–H groups in total. The lowest BCUT2D eigenvalue weighted by Gasteiger charge is -2.36. The molecule has 4 rings (SSSR count). The Hall–Kier alpha value is -2.00. The third kappa shape index (κ3) is 3.13. The van der Waals surface area contributed by atoms with Gasteiger partial charge in [-0.05, 0) is 42.2 Å². The largest absolute Gasteiger partial charge is 0.368 e. The highest BCUT2D eigenvalue weighted by molar-refractivity contribution is 6.30. The third-order valence-electron chi connectivity index (χ3n) is 5.12. The molecule has 2 aromatic carbocycles. The van der Waals surface area contributed by atoms with Gasteiger partial charge in [0, 0.05) is 42.8 Å². The van der Waals surface area contributed by atoms with Crippen molar-refractivity contribution in [2.24, 2.45) is 5.92 Å². The molecule has 1 heterocycles. The highest BCUT2D eigenvalue weighted by Crippen LogP contribution is 2.48. The van der Waals surface area contributed by atoms with E-state index in [1.54, 1.807) is 0 Å². The molecular weight excluding hydrogens is 320 g/mol. The number of carbonyl (C=O) groups is 1. The molecule has 4 heteroatoms. The topological polar surface area (TPSA) is 23.6 Å². The molecule has 2 atom stereocenters. The van der Waals surface area contributed by atoms with E-state index in [4.69, 9.17) is 11.6 Å². The number of piperazine rings is 1. The van der Waals surface area contributed by atoms with Crippen LogP contribution in [0.25, 0.3) is 0 Å². The van der Waals surface area contributed by atoms with Gasteiger partial charge in [0.15, 0.2) is 0 Å². The zero-order valence-electron chi connectivity index (χ0n) is 13.6. The van der Waals surface area contributed by atoms with Gasteiger partial charge in [-0.3, -0.25) is 4.79 Å². The van der Waals surface area contributed by atoms with Crippen LogP contribution >= 0.6 is 11.6 Å². The standard InChI is InChI=1S/C20H21ClN2O/c21-16-6-8-17(9-7-16)22-10-12-23(13-11-22)20(24)19-14-18(19)15-4-2-1-3-5-15/h1-9,18-19H,10-14H2/t18-,19+/m0/s1. The number of amides is 1. The second-order valence-corrected chi connectivity index (χ2v) is 7.08. The molecule has 0 spiro atoms. The minimum absolute atomic E-state index is 0.189. The van der Waals surface area contributed by atoms with Crippen molar-refractivity contribution in [3.05, 3.63) is 65.2 Å². The van der Waals surface area contributed by atoms with Crippen LogP contribution in [0.1, 0.15) is 17.9 Å². The van der Waals surface area contributed by atoms with E-state index >= 15 is 0 Å². The maximum atomic E-state index is 12.7. The minimum Gasteiger partial charge on any atom is -0.368 e. The van der Waals surface area contributed by atoms with Gasteiger partial charge in [0.2, 0.25) is 5.91 Å². The summed E-state index contributed by atoms with van der Waals surface area (Å²) in [6.07, 6.45) is 1.00. The van der Waals surface area contributed by atoms with Gasteiger partial charge in [0.25, 0.3) is 0 Å². The SMILES string of the molecule is O=C([C@@H]1C[C@H]1c1ccccc1)N1CCN(c2ccc(Cl)cc2)CC1. The van der Waals surface area contributed by atoms with E-state index in [1.165, 1.54) is 11.3 Å². The molecular formula is C20H21ClN2O. The van der Waals surface area contributed by atoms with E-state index in [9.17, 15) is 4.79 Å². The number of carbonyl (C=O) groups excluding carboxylic acids is 1. The van der Waals surface area contributed by atoms with Crippen LogP contribution in [0.15, 0.2) is 54.6 Å². The Morgan fingerprint density at radius 2 is 1.58 bits per heavy atom. The number of halogens is 1. The zero-order chi connectivity index (χ0) is 16.5. The summed E-state index contributed by atoms with van der Waals surface area (Å²) < 4.78 is 0. The number of anilines is 1. The third-order valence-corrected chi connectivity index (χ3v) is 5.37. The molecule has 1 aliphatic heterocycles. The summed E-state index contributed by atoms with van der Waals surface area (Å²) in [6.45, 7) is 3.38. The van der Waals surface area contributed by atoms with Gasteiger partial charge in [-0.1, -0.05) is 41.9 Å². The molecule has 0 bridgehead atoms. The fourth-order valence-corrected chi connectivity index (χ4v) is 3.73. The summed E-state index contributed by atoms with van der Waals surface area (Å²) >= 11 is 5.95. The highest BCUT2D eigenvalue weighted by atomic mass is 35.5. The first-order valence-electron chi connectivity index (χ1n) is 8.56. The van der Waals surface area contributed by atoms with E-state index in [1.807, 2.05) is 35.2 Å². The minimum atomic E-state index is 0.189. The van der Waals surface area contributed by atoms with Gasteiger partial charge >= 0.3 is 0 Å². The first-order valence-corrected chi connectivity index (χ1v) is 8.94. The van der Waals surface area contributed by atoms with Crippen molar-refractivity contribution in [3.63, 3.8) is 0 Å². The molecule has 124 valence electrons. The van der Waals surface area contributed by atoms with Crippen LogP contribution < -0.4 is 4.90 Å². The Morgan fingerprint density at radius 3 is 2.25 bits per heavy atom. The van der Waals surface area contributed by atoms with Crippen molar-refractivity contribution in [3.8, 4) is 0 Å². The molecule has 0 aromatic heterocycles. The van der Waals surface area contributed by atoms with Crippen LogP contribution in [0.3, 0.4) is 0 Å². The molecule has 0 unspecified atom stereocenters. The highest BCUT2D eigenvalue weighted by Gasteiger charge is 2.45. The van der Waals surface area contributed by atoms with Crippen LogP contribution in [-0.4, -0.2) is 37.0 Å². The Balaban J connectivity index is 1.33. The molecule has 1 aliphatic carbocycles. The van der Waals surface area contributed by atoms with Crippen molar-refractivity contribution < 1.29 is 4.79 Å². The summed E-state index contributed by atoms with van der Waals surface area (Å²) in [5.41, 5.74) is 2.48. The van der Waals surface area contributed by atoms with Gasteiger partial charge in [0.1, 0.15) is 0 Å². The van der Waals surface area contributed by atoms with Gasteiger partial charge in [0.05, 0.1) is 0 Å². The number of benzene rings is 2. The predicted molar refractivity (Wildman–Crippen MR) is 97.5 cm³/mol. The maximum absolute atomic E-state index is 12.7. The summed E-state index contributed by atoms with van der Waals surface area (Å²) in [5, 5.41) is 0.758. The maximum Gasteiger partial charge on any atom is 0.226 e. The van der Waals surface area contributed by atoms with Crippen molar-refractivity contribution in [1.82, 2.24) is 4.90 Å². The molecule has 0 radical (unpaired) electrons. The smallest absolute Gasteiger partial charge is 0.226 e. The van der Waals surface area contributed by atoms with Crippen molar-refractivity contribution in [2.75, 3.05) is 31.1 Å². The molecule has 24 heavy (non-hydrogen) atoms. The lowest BCUT2D eigenvalue weighted by molar-refractivity contribution is -0.132. The van der Waals surface area contributed by atoms with Gasteiger partial charge < -0.3 is 9.80 Å². The van der Waals surface area contributed by atoms with Crippen LogP contribution in [-0.2, 0) is 4.79 Å². The summed E-state index contributed by atoms with van der Waals surface area (Å²) in [5.74, 6) is 0.946. The van der Waals surface area contributed by atoms with Crippen molar-refractivity contribution in [2.45, 2.75) is 12.3 Å². The van der Waals surface area contributed by atoms with Crippen molar-refractivity contribution in [1.29, 1.82) is 0 Å². The molecule has 2 aliphatic rings. The number of hydrogen-bond donors (Lipinski definition) is 0. The lowest BCUT2D eigenvalue weighted by atomic mass is 10.1. The van der Waals surface area contributed by atoms with Gasteiger partial charge in [-0.2, -0.15) is 0 Å². The number of hydrogen-bond acceptors (Lipinski definition) is 2. The van der Waals surface area contributed by atoms with E-state index < -0.39 is 0 Å². The predicted octanol–water partition coefficient (Wildman–Crippen LogP) is 3.79. The van der Waals surface area contributed by atoms with Crippen LogP contribution in [0.4, 0.5) is 5.69 Å². The summed E-state index contributed by atoms with van der Waals surface area (Å²) in [7, 11) is 0. The molecule has 1 saturated heterocycles. The number of nitrogens with zero attached hydrogens (tertiary/aromatic N) is 2. The monoisotopic (exact) mass is 340 g/mol. The molecule has 2 fully saturated rings. The zero-order valence-corrected chi connectivity index (χ0v) is 14.3. The quantitative estimate of drug-likeness (QED) is 0.848. The Morgan fingerprint density at radius 1 is 0.917 bits per heavy atom. The second-order valence-electron chi connectivity index (χ2n) is 6.65. The molecule has 1 saturated carbocycles. The van der Waals surface area contributed by atoms with E-state index in [-0.39, 0.29) is 5.92 Å². The Labute approximate surface area is 147 Å². The van der Waals surface area contributed by atoms with Crippen molar-refractivity contribution >= 4 is 23.2 Å². The normalized spacial score (nSPS) is 23.2. The Kier molecular flexibility index (Phi) is 4.19. The van der Waals surface area contributed by atoms with Crippen LogP contribution in [0, 0.1) is 5.92 Å². The average Bonchev–Trinajstić information content (AvgIpc) is 3.43. The van der Waals surface area contributed by atoms with Gasteiger partial charge in [-0.15, -0.1) is 0 Å². The summed E-state index contributed by atoms with van der Waals surface area (Å²) in [4.78, 5) is 17.1. The Bertz CT molecular complexity index is 708. The average molecular weight is 341 g/mol. The lowest BCUT2D eigenvalue weighted by Crippen LogP contribution is -2.49. The van der Waals surface area contributed by atoms with E-state index in [2.05, 4.69) is 29.2 Å².